The van der Waals surface area contributed by atoms with Gasteiger partial charge < -0.3 is 29.6 Å². The summed E-state index contributed by atoms with van der Waals surface area (Å²) in [7, 11) is 36.4. The molecule has 2 aliphatic heterocycles. The molecule has 3 aromatic rings. The second-order valence-electron chi connectivity index (χ2n) is 22.3. The summed E-state index contributed by atoms with van der Waals surface area (Å²) in [6.07, 6.45) is 13.4. The predicted molar refractivity (Wildman–Crippen MR) is 336 cm³/mol. The number of unbranched alkanes of at least 4 members (excludes halogenated alkanes) is 6. The fourth-order valence-electron chi connectivity index (χ4n) is 10.7. The third-order valence-corrected chi connectivity index (χ3v) is 15.4. The van der Waals surface area contributed by atoms with E-state index in [0.717, 1.165) is 151 Å². The van der Waals surface area contributed by atoms with Gasteiger partial charge in [0.2, 0.25) is 23.6 Å². The molecule has 0 aliphatic carbocycles. The number of allylic oxidation sites excluding steroid dienone is 4. The van der Waals surface area contributed by atoms with E-state index in [4.69, 9.17) is 47.6 Å². The summed E-state index contributed by atoms with van der Waals surface area (Å²) in [5, 5.41) is 0. The standard InChI is InChI=1S/C60H94N12O4.4ClH.2Pt/c1-15-45-39(3)49-33-50-41(5)47(29-31-59(75)67-65-57(73)27-23-19-17-21-25-43(71(11)12)37-69(7)8)55(63-50)36-56-48(42(6)52(64-56)35-54-46(16-2)40(4)51(62-54)34-53(45)61-49)30-32-60(76)68-66-58(74)28-24-20-18-22-26-44(72(13)14)38-70(9)10;;;;;;/h33-36,43-44,61-62H,15-32,37-38H2,1-14H3,(H,65,73)(H,66,74)(H,67,75)(H,68,76);4*1H;;/q;;;;;2*+2/p-4. The monoisotopic (exact) mass is 1580 g/mol. The number of amides is 4. The molecule has 5 rings (SSSR count). The third kappa shape index (κ3) is 24.3. The minimum absolute atomic E-state index is 0.126. The zero-order valence-corrected chi connectivity index (χ0v) is 58.6. The van der Waals surface area contributed by atoms with Crippen LogP contribution in [0.4, 0.5) is 0 Å². The molecule has 0 fully saturated rings. The molecule has 16 nitrogen and oxygen atoms in total. The first-order valence-corrected chi connectivity index (χ1v) is 39.9. The number of likely N-dealkylation sites (N-methyl/N-ethyl adjacent to an activating group) is 4. The van der Waals surface area contributed by atoms with Crippen LogP contribution in [-0.2, 0) is 65.0 Å². The Hall–Kier alpha value is -3.14. The molecule has 3 aromatic heterocycles. The number of nitrogens with zero attached hydrogens (tertiary/aromatic N) is 6. The SMILES string of the molecule is CCc1c(C)c2cc3[nH]c(cc4nc(cc5nc(cc1[nH]2)C(C)=C5CCC(=O)NNC(=O)CCCCCCC(CN(C)C)N(C)C)C(CCC(=O)NNC(=O)CCCCCCC(CN(C)C)N(C)C)=C4C)c(C)c3CC.[Cl][Pt][Cl].[Cl][Pt][Cl]. The van der Waals surface area contributed by atoms with Gasteiger partial charge in [-0.15, -0.1) is 0 Å². The van der Waals surface area contributed by atoms with Crippen LogP contribution in [0.3, 0.4) is 0 Å². The Morgan fingerprint density at radius 1 is 0.476 bits per heavy atom. The molecular formula is C60H94Cl4N12O4Pt2. The number of aromatic nitrogens is 4. The van der Waals surface area contributed by atoms with E-state index in [1.807, 2.05) is 19.9 Å². The Morgan fingerprint density at radius 2 is 0.805 bits per heavy atom. The van der Waals surface area contributed by atoms with Crippen LogP contribution in [0.1, 0.15) is 175 Å². The minimum atomic E-state index is -0.472. The van der Waals surface area contributed by atoms with Crippen LogP contribution in [0.5, 0.6) is 0 Å². The molecule has 466 valence electrons. The Labute approximate surface area is 522 Å². The van der Waals surface area contributed by atoms with Crippen molar-refractivity contribution < 1.29 is 52.1 Å². The van der Waals surface area contributed by atoms with Crippen molar-refractivity contribution in [2.24, 2.45) is 0 Å². The van der Waals surface area contributed by atoms with E-state index < -0.39 is 33.0 Å². The first-order valence-electron chi connectivity index (χ1n) is 28.6. The number of halogens is 4. The number of hydrogen-bond acceptors (Lipinski definition) is 10. The summed E-state index contributed by atoms with van der Waals surface area (Å²) >= 11 is -0.944. The molecule has 0 saturated heterocycles. The van der Waals surface area contributed by atoms with E-state index >= 15 is 0 Å². The van der Waals surface area contributed by atoms with Gasteiger partial charge in [0.05, 0.1) is 22.8 Å². The van der Waals surface area contributed by atoms with Crippen LogP contribution in [-0.4, -0.2) is 145 Å². The van der Waals surface area contributed by atoms with Gasteiger partial charge in [0.1, 0.15) is 0 Å². The molecule has 2 aliphatic rings. The van der Waals surface area contributed by atoms with Crippen LogP contribution in [0.25, 0.3) is 44.4 Å². The van der Waals surface area contributed by atoms with Gasteiger partial charge in [-0.3, -0.25) is 40.9 Å². The summed E-state index contributed by atoms with van der Waals surface area (Å²) in [5.41, 5.74) is 26.1. The molecular weight excluding hydrogens is 1480 g/mol. The number of hydrazine groups is 2. The first kappa shape index (κ1) is 73.1. The van der Waals surface area contributed by atoms with Gasteiger partial charge in [0.15, 0.2) is 0 Å². The van der Waals surface area contributed by atoms with Gasteiger partial charge in [-0.25, -0.2) is 9.97 Å². The summed E-state index contributed by atoms with van der Waals surface area (Å²) in [6.45, 7) is 14.8. The van der Waals surface area contributed by atoms with Crippen molar-refractivity contribution in [3.8, 4) is 0 Å². The summed E-state index contributed by atoms with van der Waals surface area (Å²) < 4.78 is 0. The number of H-pyrrole nitrogens is 2. The Bertz CT molecular complexity index is 2780. The fraction of sp³-hybridized carbons (Fsp3) is 0.600. The van der Waals surface area contributed by atoms with E-state index in [1.54, 1.807) is 0 Å². The van der Waals surface area contributed by atoms with Crippen LogP contribution in [0.15, 0.2) is 24.3 Å². The third-order valence-electron chi connectivity index (χ3n) is 15.4. The van der Waals surface area contributed by atoms with Gasteiger partial charge in [0.25, 0.3) is 0 Å². The Morgan fingerprint density at radius 3 is 1.16 bits per heavy atom. The quantitative estimate of drug-likeness (QED) is 0.0302. The van der Waals surface area contributed by atoms with Crippen LogP contribution >= 0.6 is 37.7 Å². The maximum absolute atomic E-state index is 13.4. The molecule has 6 N–H and O–H groups in total. The normalized spacial score (nSPS) is 13.1. The molecule has 2 unspecified atom stereocenters. The van der Waals surface area contributed by atoms with Crippen molar-refractivity contribution in [3.05, 3.63) is 69.3 Å². The number of aromatic amines is 2. The first-order chi connectivity index (χ1) is 39.0. The van der Waals surface area contributed by atoms with Gasteiger partial charge in [-0.2, -0.15) is 0 Å². The second kappa shape index (κ2) is 38.8. The summed E-state index contributed by atoms with van der Waals surface area (Å²) in [6, 6.07) is 9.41. The molecule has 0 saturated carbocycles. The van der Waals surface area contributed by atoms with Crippen molar-refractivity contribution in [1.82, 2.24) is 61.2 Å². The second-order valence-corrected chi connectivity index (χ2v) is 28.9. The molecule has 22 heteroatoms. The number of carbonyl (C=O) groups is 4. The average Bonchev–Trinajstić information content (AvgIpc) is 4.32. The molecule has 0 spiro atoms. The Balaban J connectivity index is 0.00000281. The van der Waals surface area contributed by atoms with Gasteiger partial charge in [0, 0.05) is 72.9 Å². The van der Waals surface area contributed by atoms with Gasteiger partial charge >= 0.3 is 70.6 Å². The molecule has 82 heavy (non-hydrogen) atoms. The van der Waals surface area contributed by atoms with Crippen molar-refractivity contribution >= 4 is 106 Å². The van der Waals surface area contributed by atoms with Crippen molar-refractivity contribution in [1.29, 1.82) is 0 Å². The number of fused-ring (bicyclic) bond motifs is 8. The van der Waals surface area contributed by atoms with Crippen molar-refractivity contribution in [2.75, 3.05) is 69.5 Å². The molecule has 0 radical (unpaired) electrons. The summed E-state index contributed by atoms with van der Waals surface area (Å²) in [5.74, 6) is -0.979. The van der Waals surface area contributed by atoms with Crippen LogP contribution in [0, 0.1) is 13.8 Å². The van der Waals surface area contributed by atoms with E-state index in [1.165, 1.54) is 16.7 Å². The topological polar surface area (TPSA) is 187 Å². The van der Waals surface area contributed by atoms with Crippen LogP contribution in [0.2, 0.25) is 0 Å². The number of nitrogens with one attached hydrogen (secondary N) is 6. The number of aryl methyl sites for hydroxylation is 4. The van der Waals surface area contributed by atoms with E-state index in [2.05, 4.69) is 154 Å². The predicted octanol–water partition coefficient (Wildman–Crippen LogP) is 12.2. The average molecular weight is 1580 g/mol. The van der Waals surface area contributed by atoms with E-state index in [0.29, 0.717) is 49.2 Å². The maximum atomic E-state index is 13.4. The number of rotatable bonds is 28. The van der Waals surface area contributed by atoms with E-state index in [-0.39, 0.29) is 36.5 Å². The fourth-order valence-corrected chi connectivity index (χ4v) is 10.7. The zero-order chi connectivity index (χ0) is 61.1. The van der Waals surface area contributed by atoms with Crippen molar-refractivity contribution in [2.45, 2.75) is 169 Å². The molecule has 8 bridgehead atoms. The molecule has 4 amide bonds. The van der Waals surface area contributed by atoms with E-state index in [9.17, 15) is 19.2 Å². The number of carbonyl (C=O) groups excluding carboxylic acids is 4. The van der Waals surface area contributed by atoms with Gasteiger partial charge in [-0.1, -0.05) is 52.4 Å². The Kier molecular flexibility index (Phi) is 34.6. The van der Waals surface area contributed by atoms with Crippen molar-refractivity contribution in [3.63, 3.8) is 0 Å². The molecule has 5 heterocycles. The molecule has 2 atom stereocenters. The van der Waals surface area contributed by atoms with Gasteiger partial charge in [-0.05, 0) is 204 Å². The zero-order valence-electron chi connectivity index (χ0n) is 51.1. The summed E-state index contributed by atoms with van der Waals surface area (Å²) in [4.78, 5) is 79.4. The number of hydrogen-bond donors (Lipinski definition) is 6. The van der Waals surface area contributed by atoms with Crippen LogP contribution < -0.4 is 21.7 Å². The molecule has 0 aromatic carbocycles.